The number of hydrogen-bond acceptors (Lipinski definition) is 4. The number of sulfonamides is 1. The third kappa shape index (κ3) is 7.14. The van der Waals surface area contributed by atoms with Crippen LogP contribution in [0.2, 0.25) is 0 Å². The van der Waals surface area contributed by atoms with Gasteiger partial charge in [0.1, 0.15) is 6.04 Å². The number of hydrogen-bond donors (Lipinski definition) is 1. The number of aryl methyl sites for hydroxylation is 2. The minimum atomic E-state index is -3.85. The van der Waals surface area contributed by atoms with Gasteiger partial charge in [-0.05, 0) is 44.4 Å². The van der Waals surface area contributed by atoms with Crippen LogP contribution in [0.1, 0.15) is 43.4 Å². The first-order chi connectivity index (χ1) is 15.6. The van der Waals surface area contributed by atoms with Crippen molar-refractivity contribution in [1.29, 1.82) is 0 Å². The number of benzene rings is 2. The third-order valence-corrected chi connectivity index (χ3v) is 7.28. The Balaban J connectivity index is 2.31. The highest BCUT2D eigenvalue weighted by Gasteiger charge is 2.31. The van der Waals surface area contributed by atoms with Gasteiger partial charge in [0.25, 0.3) is 0 Å². The maximum atomic E-state index is 13.4. The molecule has 0 unspecified atom stereocenters. The Morgan fingerprint density at radius 1 is 1.00 bits per heavy atom. The maximum Gasteiger partial charge on any atom is 0.243 e. The summed E-state index contributed by atoms with van der Waals surface area (Å²) in [5, 5.41) is 2.87. The Labute approximate surface area is 197 Å². The van der Waals surface area contributed by atoms with Crippen LogP contribution < -0.4 is 5.32 Å². The van der Waals surface area contributed by atoms with Crippen LogP contribution in [0.5, 0.6) is 0 Å². The lowest BCUT2D eigenvalue weighted by Gasteiger charge is -2.32. The minimum Gasteiger partial charge on any atom is -0.354 e. The molecule has 0 aromatic heterocycles. The second kappa shape index (κ2) is 12.0. The molecule has 7 nitrogen and oxygen atoms in total. The normalized spacial score (nSPS) is 12.4. The first-order valence-electron chi connectivity index (χ1n) is 11.3. The Bertz CT molecular complexity index is 1050. The smallest absolute Gasteiger partial charge is 0.243 e. The number of amides is 2. The highest BCUT2D eigenvalue weighted by molar-refractivity contribution is 7.89. The zero-order chi connectivity index (χ0) is 24.6. The molecule has 0 aliphatic carbocycles. The zero-order valence-corrected chi connectivity index (χ0v) is 21.0. The average molecular weight is 474 g/mol. The van der Waals surface area contributed by atoms with E-state index in [1.807, 2.05) is 52.0 Å². The van der Waals surface area contributed by atoms with Crippen LogP contribution in [0.4, 0.5) is 0 Å². The Morgan fingerprint density at radius 3 is 2.24 bits per heavy atom. The first-order valence-corrected chi connectivity index (χ1v) is 12.7. The summed E-state index contributed by atoms with van der Waals surface area (Å²) in [6.45, 7) is 8.02. The highest BCUT2D eigenvalue weighted by Crippen LogP contribution is 2.18. The minimum absolute atomic E-state index is 0.126. The van der Waals surface area contributed by atoms with E-state index < -0.39 is 22.0 Å². The van der Waals surface area contributed by atoms with Gasteiger partial charge in [-0.1, -0.05) is 61.4 Å². The molecule has 0 bridgehead atoms. The molecule has 0 aliphatic rings. The van der Waals surface area contributed by atoms with Gasteiger partial charge in [-0.2, -0.15) is 4.31 Å². The van der Waals surface area contributed by atoms with Crippen molar-refractivity contribution < 1.29 is 18.0 Å². The predicted molar refractivity (Wildman–Crippen MR) is 130 cm³/mol. The van der Waals surface area contributed by atoms with Crippen molar-refractivity contribution in [3.63, 3.8) is 0 Å². The molecule has 1 N–H and O–H groups in total. The van der Waals surface area contributed by atoms with Crippen molar-refractivity contribution in [2.24, 2.45) is 0 Å². The molecule has 2 amide bonds. The number of likely N-dealkylation sites (N-methyl/N-ethyl adjacent to an activating group) is 1. The summed E-state index contributed by atoms with van der Waals surface area (Å²) < 4.78 is 27.0. The van der Waals surface area contributed by atoms with Crippen LogP contribution in [0, 0.1) is 13.8 Å². The molecule has 0 saturated carbocycles. The van der Waals surface area contributed by atoms with Crippen molar-refractivity contribution >= 4 is 21.8 Å². The van der Waals surface area contributed by atoms with Crippen LogP contribution in [0.15, 0.2) is 53.4 Å². The molecule has 8 heteroatoms. The largest absolute Gasteiger partial charge is 0.354 e. The maximum absolute atomic E-state index is 13.4. The Hall–Kier alpha value is -2.71. The summed E-state index contributed by atoms with van der Waals surface area (Å²) in [4.78, 5) is 27.8. The standard InChI is InChI=1S/C25H35N3O4S/c1-6-15-26-25(30)23(7-2)28(17-21-10-8-9-20(4)16-21)24(29)18-27(5)33(31,32)22-13-11-19(3)12-14-22/h8-14,16,23H,6-7,15,17-18H2,1-5H3,(H,26,30)/t23-/m1/s1. The van der Waals surface area contributed by atoms with Gasteiger partial charge < -0.3 is 10.2 Å². The van der Waals surface area contributed by atoms with Crippen molar-refractivity contribution in [3.8, 4) is 0 Å². The van der Waals surface area contributed by atoms with Crippen molar-refractivity contribution in [3.05, 3.63) is 65.2 Å². The summed E-state index contributed by atoms with van der Waals surface area (Å²) >= 11 is 0. The molecule has 1 atom stereocenters. The van der Waals surface area contributed by atoms with Gasteiger partial charge in [-0.25, -0.2) is 8.42 Å². The van der Waals surface area contributed by atoms with Crippen LogP contribution in [-0.4, -0.2) is 55.6 Å². The van der Waals surface area contributed by atoms with E-state index in [0.717, 1.165) is 27.4 Å². The molecule has 2 aromatic carbocycles. The molecule has 0 heterocycles. The number of carbonyl (C=O) groups excluding carboxylic acids is 2. The lowest BCUT2D eigenvalue weighted by molar-refractivity contribution is -0.141. The number of rotatable bonds is 11. The first kappa shape index (κ1) is 26.5. The lowest BCUT2D eigenvalue weighted by atomic mass is 10.1. The SMILES string of the molecule is CCCNC(=O)[C@@H](CC)N(Cc1cccc(C)c1)C(=O)CN(C)S(=O)(=O)c1ccc(C)cc1. The molecule has 2 aromatic rings. The van der Waals surface area contributed by atoms with Crippen LogP contribution >= 0.6 is 0 Å². The van der Waals surface area contributed by atoms with Crippen LogP contribution in [-0.2, 0) is 26.2 Å². The van der Waals surface area contributed by atoms with E-state index in [9.17, 15) is 18.0 Å². The van der Waals surface area contributed by atoms with E-state index in [0.29, 0.717) is 13.0 Å². The van der Waals surface area contributed by atoms with E-state index >= 15 is 0 Å². The fraction of sp³-hybridized carbons (Fsp3) is 0.440. The van der Waals surface area contributed by atoms with Gasteiger partial charge in [0.15, 0.2) is 0 Å². The van der Waals surface area contributed by atoms with Gasteiger partial charge >= 0.3 is 0 Å². The van der Waals surface area contributed by atoms with Crippen molar-refractivity contribution in [2.45, 2.75) is 58.0 Å². The lowest BCUT2D eigenvalue weighted by Crippen LogP contribution is -2.51. The zero-order valence-electron chi connectivity index (χ0n) is 20.2. The topological polar surface area (TPSA) is 86.8 Å². The summed E-state index contributed by atoms with van der Waals surface area (Å²) in [6.07, 6.45) is 1.20. The fourth-order valence-electron chi connectivity index (χ4n) is 3.55. The number of nitrogens with zero attached hydrogens (tertiary/aromatic N) is 2. The highest BCUT2D eigenvalue weighted by atomic mass is 32.2. The summed E-state index contributed by atoms with van der Waals surface area (Å²) in [6, 6.07) is 13.5. The van der Waals surface area contributed by atoms with Gasteiger partial charge in [-0.3, -0.25) is 9.59 Å². The van der Waals surface area contributed by atoms with E-state index in [1.165, 1.54) is 24.1 Å². The fourth-order valence-corrected chi connectivity index (χ4v) is 4.67. The Kier molecular flexibility index (Phi) is 9.61. The molecule has 0 aliphatic heterocycles. The Morgan fingerprint density at radius 2 is 1.67 bits per heavy atom. The number of nitrogens with one attached hydrogen (secondary N) is 1. The second-order valence-electron chi connectivity index (χ2n) is 8.30. The van der Waals surface area contributed by atoms with Gasteiger partial charge in [0.05, 0.1) is 11.4 Å². The molecule has 0 saturated heterocycles. The third-order valence-electron chi connectivity index (χ3n) is 5.46. The van der Waals surface area contributed by atoms with Crippen molar-refractivity contribution in [2.75, 3.05) is 20.1 Å². The molecule has 0 fully saturated rings. The number of carbonyl (C=O) groups is 2. The predicted octanol–water partition coefficient (Wildman–Crippen LogP) is 3.26. The van der Waals surface area contributed by atoms with Crippen molar-refractivity contribution in [1.82, 2.24) is 14.5 Å². The molecule has 2 rings (SSSR count). The van der Waals surface area contributed by atoms with Gasteiger partial charge in [0, 0.05) is 20.1 Å². The summed E-state index contributed by atoms with van der Waals surface area (Å²) in [5.41, 5.74) is 2.87. The van der Waals surface area contributed by atoms with E-state index in [-0.39, 0.29) is 23.9 Å². The average Bonchev–Trinajstić information content (AvgIpc) is 2.77. The molecule has 0 radical (unpaired) electrons. The molecule has 0 spiro atoms. The summed E-state index contributed by atoms with van der Waals surface area (Å²) in [5.74, 6) is -0.655. The van der Waals surface area contributed by atoms with E-state index in [4.69, 9.17) is 0 Å². The molecule has 33 heavy (non-hydrogen) atoms. The quantitative estimate of drug-likeness (QED) is 0.543. The van der Waals surface area contributed by atoms with Gasteiger partial charge in [0.2, 0.25) is 21.8 Å². The summed E-state index contributed by atoms with van der Waals surface area (Å²) in [7, 11) is -2.46. The molecular formula is C25H35N3O4S. The second-order valence-corrected chi connectivity index (χ2v) is 10.3. The van der Waals surface area contributed by atoms with Crippen LogP contribution in [0.3, 0.4) is 0 Å². The monoisotopic (exact) mass is 473 g/mol. The van der Waals surface area contributed by atoms with Crippen LogP contribution in [0.25, 0.3) is 0 Å². The molecule has 180 valence electrons. The van der Waals surface area contributed by atoms with E-state index in [1.54, 1.807) is 12.1 Å². The molecular weight excluding hydrogens is 438 g/mol. The van der Waals surface area contributed by atoms with Gasteiger partial charge in [-0.15, -0.1) is 0 Å². The van der Waals surface area contributed by atoms with E-state index in [2.05, 4.69) is 5.32 Å².